The van der Waals surface area contributed by atoms with E-state index in [-0.39, 0.29) is 12.0 Å². The van der Waals surface area contributed by atoms with Gasteiger partial charge in [-0.2, -0.15) is 0 Å². The molecule has 0 atom stereocenters. The Bertz CT molecular complexity index is 699. The van der Waals surface area contributed by atoms with E-state index in [4.69, 9.17) is 4.74 Å². The molecular formula is C20H25N3O2S. The first-order valence-corrected chi connectivity index (χ1v) is 9.95. The molecule has 1 aliphatic rings. The standard InChI is InChI=1S/C20H25N3O2S/c1-15(2)26-18-6-4-16(5-7-18)14-19(24)23-12-8-17(9-13-23)25-20-21-10-3-11-22-20/h3-7,10-11,15,17H,8-9,12-14H2,1-2H3. The molecule has 1 amide bonds. The molecule has 1 aliphatic heterocycles. The van der Waals surface area contributed by atoms with Crippen molar-refractivity contribution in [3.05, 3.63) is 48.3 Å². The summed E-state index contributed by atoms with van der Waals surface area (Å²) in [6.45, 7) is 5.80. The molecule has 3 rings (SSSR count). The number of likely N-dealkylation sites (tertiary alicyclic amines) is 1. The van der Waals surface area contributed by atoms with Gasteiger partial charge in [-0.05, 0) is 23.8 Å². The smallest absolute Gasteiger partial charge is 0.316 e. The van der Waals surface area contributed by atoms with Crippen molar-refractivity contribution in [1.82, 2.24) is 14.9 Å². The fourth-order valence-corrected chi connectivity index (χ4v) is 3.80. The monoisotopic (exact) mass is 371 g/mol. The molecule has 1 saturated heterocycles. The van der Waals surface area contributed by atoms with Crippen molar-refractivity contribution in [2.24, 2.45) is 0 Å². The molecule has 138 valence electrons. The van der Waals surface area contributed by atoms with Crippen LogP contribution in [0.1, 0.15) is 32.3 Å². The molecular weight excluding hydrogens is 346 g/mol. The van der Waals surface area contributed by atoms with Crippen LogP contribution in [0.2, 0.25) is 0 Å². The van der Waals surface area contributed by atoms with E-state index in [1.165, 1.54) is 4.90 Å². The van der Waals surface area contributed by atoms with Gasteiger partial charge in [0.2, 0.25) is 5.91 Å². The number of ether oxygens (including phenoxy) is 1. The number of carbonyl (C=O) groups excluding carboxylic acids is 1. The molecule has 0 unspecified atom stereocenters. The minimum absolute atomic E-state index is 0.0776. The summed E-state index contributed by atoms with van der Waals surface area (Å²) in [6, 6.07) is 10.5. The Balaban J connectivity index is 1.46. The van der Waals surface area contributed by atoms with Gasteiger partial charge >= 0.3 is 6.01 Å². The van der Waals surface area contributed by atoms with E-state index in [1.54, 1.807) is 18.5 Å². The highest BCUT2D eigenvalue weighted by Gasteiger charge is 2.24. The zero-order chi connectivity index (χ0) is 18.4. The van der Waals surface area contributed by atoms with Crippen molar-refractivity contribution in [1.29, 1.82) is 0 Å². The second kappa shape index (κ2) is 9.03. The van der Waals surface area contributed by atoms with Gasteiger partial charge in [0.25, 0.3) is 0 Å². The first-order chi connectivity index (χ1) is 12.6. The average Bonchev–Trinajstić information content (AvgIpc) is 2.64. The number of nitrogens with zero attached hydrogens (tertiary/aromatic N) is 3. The molecule has 2 heterocycles. The molecule has 0 saturated carbocycles. The molecule has 0 N–H and O–H groups in total. The normalized spacial score (nSPS) is 15.3. The molecule has 26 heavy (non-hydrogen) atoms. The maximum absolute atomic E-state index is 12.6. The number of aromatic nitrogens is 2. The molecule has 6 heteroatoms. The summed E-state index contributed by atoms with van der Waals surface area (Å²) in [5, 5.41) is 0.562. The van der Waals surface area contributed by atoms with Crippen LogP contribution in [-0.4, -0.2) is 45.2 Å². The lowest BCUT2D eigenvalue weighted by molar-refractivity contribution is -0.132. The molecule has 0 aliphatic carbocycles. The predicted molar refractivity (Wildman–Crippen MR) is 103 cm³/mol. The fourth-order valence-electron chi connectivity index (χ4n) is 2.96. The van der Waals surface area contributed by atoms with E-state index < -0.39 is 0 Å². The highest BCUT2D eigenvalue weighted by atomic mass is 32.2. The van der Waals surface area contributed by atoms with Crippen molar-refractivity contribution in [2.75, 3.05) is 13.1 Å². The number of benzene rings is 1. The van der Waals surface area contributed by atoms with Gasteiger partial charge in [-0.15, -0.1) is 11.8 Å². The summed E-state index contributed by atoms with van der Waals surface area (Å²) in [5.74, 6) is 0.184. The number of piperidine rings is 1. The van der Waals surface area contributed by atoms with E-state index >= 15 is 0 Å². The summed E-state index contributed by atoms with van der Waals surface area (Å²) in [5.41, 5.74) is 1.07. The van der Waals surface area contributed by atoms with Crippen molar-refractivity contribution in [2.45, 2.75) is 49.4 Å². The Kier molecular flexibility index (Phi) is 6.50. The third-order valence-corrected chi connectivity index (χ3v) is 5.28. The maximum atomic E-state index is 12.6. The Morgan fingerprint density at radius 2 is 1.85 bits per heavy atom. The van der Waals surface area contributed by atoms with Gasteiger partial charge in [-0.25, -0.2) is 9.97 Å². The number of rotatable bonds is 6. The Morgan fingerprint density at radius 1 is 1.19 bits per heavy atom. The molecule has 0 spiro atoms. The topological polar surface area (TPSA) is 55.3 Å². The second-order valence-corrected chi connectivity index (χ2v) is 8.37. The Morgan fingerprint density at radius 3 is 2.46 bits per heavy atom. The third kappa shape index (κ3) is 5.46. The lowest BCUT2D eigenvalue weighted by Crippen LogP contribution is -2.42. The van der Waals surface area contributed by atoms with Crippen LogP contribution in [0.4, 0.5) is 0 Å². The summed E-state index contributed by atoms with van der Waals surface area (Å²) < 4.78 is 5.78. The molecule has 5 nitrogen and oxygen atoms in total. The van der Waals surface area contributed by atoms with Crippen molar-refractivity contribution in [3.8, 4) is 6.01 Å². The van der Waals surface area contributed by atoms with E-state index in [2.05, 4.69) is 48.1 Å². The van der Waals surface area contributed by atoms with Gasteiger partial charge in [0.15, 0.2) is 0 Å². The van der Waals surface area contributed by atoms with Crippen LogP contribution in [0.25, 0.3) is 0 Å². The fraction of sp³-hybridized carbons (Fsp3) is 0.450. The number of thioether (sulfide) groups is 1. The van der Waals surface area contributed by atoms with Gasteiger partial charge in [0, 0.05) is 48.5 Å². The quantitative estimate of drug-likeness (QED) is 0.727. The lowest BCUT2D eigenvalue weighted by atomic mass is 10.1. The van der Waals surface area contributed by atoms with Crippen LogP contribution < -0.4 is 4.74 Å². The van der Waals surface area contributed by atoms with Crippen LogP contribution in [-0.2, 0) is 11.2 Å². The van der Waals surface area contributed by atoms with Crippen LogP contribution in [0.5, 0.6) is 6.01 Å². The van der Waals surface area contributed by atoms with Gasteiger partial charge in [0.05, 0.1) is 6.42 Å². The summed E-state index contributed by atoms with van der Waals surface area (Å²) in [6.07, 6.45) is 5.51. The van der Waals surface area contributed by atoms with Crippen molar-refractivity contribution in [3.63, 3.8) is 0 Å². The number of hydrogen-bond acceptors (Lipinski definition) is 5. The summed E-state index contributed by atoms with van der Waals surface area (Å²) >= 11 is 1.84. The average molecular weight is 372 g/mol. The molecule has 1 fully saturated rings. The van der Waals surface area contributed by atoms with Crippen molar-refractivity contribution < 1.29 is 9.53 Å². The van der Waals surface area contributed by atoms with Crippen molar-refractivity contribution >= 4 is 17.7 Å². The van der Waals surface area contributed by atoms with Gasteiger partial charge < -0.3 is 9.64 Å². The number of amides is 1. The van der Waals surface area contributed by atoms with Crippen LogP contribution in [0.15, 0.2) is 47.6 Å². The first kappa shape index (κ1) is 18.7. The highest BCUT2D eigenvalue weighted by Crippen LogP contribution is 2.23. The largest absolute Gasteiger partial charge is 0.460 e. The zero-order valence-electron chi connectivity index (χ0n) is 15.3. The predicted octanol–water partition coefficient (Wildman–Crippen LogP) is 3.59. The lowest BCUT2D eigenvalue weighted by Gasteiger charge is -2.31. The maximum Gasteiger partial charge on any atom is 0.316 e. The highest BCUT2D eigenvalue weighted by molar-refractivity contribution is 7.99. The Hall–Kier alpha value is -2.08. The van der Waals surface area contributed by atoms with E-state index in [0.717, 1.165) is 31.5 Å². The Labute approximate surface area is 159 Å². The minimum atomic E-state index is 0.0776. The van der Waals surface area contributed by atoms with Gasteiger partial charge in [0.1, 0.15) is 6.10 Å². The van der Waals surface area contributed by atoms with E-state index in [9.17, 15) is 4.79 Å². The zero-order valence-corrected chi connectivity index (χ0v) is 16.1. The molecule has 2 aromatic rings. The van der Waals surface area contributed by atoms with E-state index in [0.29, 0.717) is 17.7 Å². The number of hydrogen-bond donors (Lipinski definition) is 0. The summed E-state index contributed by atoms with van der Waals surface area (Å²) in [7, 11) is 0. The summed E-state index contributed by atoms with van der Waals surface area (Å²) in [4.78, 5) is 23.9. The third-order valence-electron chi connectivity index (χ3n) is 4.26. The molecule has 1 aromatic carbocycles. The SMILES string of the molecule is CC(C)Sc1ccc(CC(=O)N2CCC(Oc3ncccn3)CC2)cc1. The molecule has 0 bridgehead atoms. The molecule has 1 aromatic heterocycles. The van der Waals surface area contributed by atoms with Crippen LogP contribution in [0.3, 0.4) is 0 Å². The van der Waals surface area contributed by atoms with Gasteiger partial charge in [-0.1, -0.05) is 26.0 Å². The minimum Gasteiger partial charge on any atom is -0.460 e. The van der Waals surface area contributed by atoms with E-state index in [1.807, 2.05) is 16.7 Å². The number of carbonyl (C=O) groups is 1. The molecule has 0 radical (unpaired) electrons. The first-order valence-electron chi connectivity index (χ1n) is 9.07. The van der Waals surface area contributed by atoms with Gasteiger partial charge in [-0.3, -0.25) is 4.79 Å². The van der Waals surface area contributed by atoms with Crippen LogP contribution in [0, 0.1) is 0 Å². The van der Waals surface area contributed by atoms with Crippen LogP contribution >= 0.6 is 11.8 Å². The second-order valence-electron chi connectivity index (χ2n) is 6.72.